The monoisotopic (exact) mass is 226 g/mol. The Balaban J connectivity index is 1.67. The summed E-state index contributed by atoms with van der Waals surface area (Å²) in [6.07, 6.45) is 6.97. The third-order valence-corrected chi connectivity index (χ3v) is 4.24. The third kappa shape index (κ3) is 3.19. The van der Waals surface area contributed by atoms with Crippen molar-refractivity contribution in [1.82, 2.24) is 10.2 Å². The lowest BCUT2D eigenvalue weighted by Gasteiger charge is -2.29. The van der Waals surface area contributed by atoms with Gasteiger partial charge in [-0.2, -0.15) is 0 Å². The molecule has 1 heterocycles. The number of hydrogen-bond donors (Lipinski definition) is 2. The fraction of sp³-hybridized carbons (Fsp3) is 1.00. The van der Waals surface area contributed by atoms with Crippen molar-refractivity contribution in [3.63, 3.8) is 0 Å². The molecule has 3 heteroatoms. The lowest BCUT2D eigenvalue weighted by molar-refractivity contribution is 0.114. The summed E-state index contributed by atoms with van der Waals surface area (Å²) < 4.78 is 0. The standard InChI is InChI=1S/C13H26N2O/c1-2-15-9-3-4-12(15)10-14-11-5-7-13(16)8-6-11/h11-14,16H,2-10H2,1H3. The van der Waals surface area contributed by atoms with Crippen LogP contribution in [0.3, 0.4) is 0 Å². The molecule has 0 bridgehead atoms. The van der Waals surface area contributed by atoms with Crippen LogP contribution in [-0.2, 0) is 0 Å². The van der Waals surface area contributed by atoms with Crippen LogP contribution >= 0.6 is 0 Å². The van der Waals surface area contributed by atoms with Crippen molar-refractivity contribution < 1.29 is 5.11 Å². The van der Waals surface area contributed by atoms with E-state index in [1.54, 1.807) is 0 Å². The van der Waals surface area contributed by atoms with Crippen molar-refractivity contribution in [2.75, 3.05) is 19.6 Å². The van der Waals surface area contributed by atoms with E-state index in [-0.39, 0.29) is 6.10 Å². The van der Waals surface area contributed by atoms with Crippen LogP contribution in [0, 0.1) is 0 Å². The SMILES string of the molecule is CCN1CCCC1CNC1CCC(O)CC1. The first-order chi connectivity index (χ1) is 7.79. The molecular formula is C13H26N2O. The number of aliphatic hydroxyl groups is 1. The Hall–Kier alpha value is -0.120. The van der Waals surface area contributed by atoms with Gasteiger partial charge in [-0.3, -0.25) is 4.90 Å². The van der Waals surface area contributed by atoms with Crippen LogP contribution in [0.25, 0.3) is 0 Å². The zero-order valence-electron chi connectivity index (χ0n) is 10.5. The van der Waals surface area contributed by atoms with E-state index < -0.39 is 0 Å². The van der Waals surface area contributed by atoms with E-state index in [0.29, 0.717) is 6.04 Å². The molecule has 2 fully saturated rings. The second-order valence-corrected chi connectivity index (χ2v) is 5.34. The summed E-state index contributed by atoms with van der Waals surface area (Å²) >= 11 is 0. The van der Waals surface area contributed by atoms with Crippen LogP contribution in [-0.4, -0.2) is 47.8 Å². The van der Waals surface area contributed by atoms with Gasteiger partial charge in [-0.15, -0.1) is 0 Å². The Morgan fingerprint density at radius 1 is 1.19 bits per heavy atom. The summed E-state index contributed by atoms with van der Waals surface area (Å²) in [4.78, 5) is 2.59. The predicted octanol–water partition coefficient (Wildman–Crippen LogP) is 1.36. The number of likely N-dealkylation sites (tertiary alicyclic amines) is 1. The van der Waals surface area contributed by atoms with Gasteiger partial charge in [0.15, 0.2) is 0 Å². The maximum Gasteiger partial charge on any atom is 0.0541 e. The smallest absolute Gasteiger partial charge is 0.0541 e. The number of aliphatic hydroxyl groups excluding tert-OH is 1. The highest BCUT2D eigenvalue weighted by Crippen LogP contribution is 2.20. The van der Waals surface area contributed by atoms with E-state index in [1.165, 1.54) is 25.9 Å². The minimum Gasteiger partial charge on any atom is -0.393 e. The Labute approximate surface area is 99.2 Å². The summed E-state index contributed by atoms with van der Waals surface area (Å²) in [5.74, 6) is 0. The summed E-state index contributed by atoms with van der Waals surface area (Å²) in [7, 11) is 0. The second-order valence-electron chi connectivity index (χ2n) is 5.34. The summed E-state index contributed by atoms with van der Waals surface area (Å²) in [6.45, 7) is 5.88. The molecular weight excluding hydrogens is 200 g/mol. The van der Waals surface area contributed by atoms with Gasteiger partial charge >= 0.3 is 0 Å². The van der Waals surface area contributed by atoms with Crippen LogP contribution in [0.1, 0.15) is 45.4 Å². The van der Waals surface area contributed by atoms with Gasteiger partial charge in [0.25, 0.3) is 0 Å². The summed E-state index contributed by atoms with van der Waals surface area (Å²) in [6, 6.07) is 1.42. The number of hydrogen-bond acceptors (Lipinski definition) is 3. The molecule has 0 aromatic carbocycles. The molecule has 2 N–H and O–H groups in total. The van der Waals surface area contributed by atoms with Crippen molar-refractivity contribution >= 4 is 0 Å². The molecule has 0 spiro atoms. The Bertz CT molecular complexity index is 202. The number of nitrogens with zero attached hydrogens (tertiary/aromatic N) is 1. The fourth-order valence-corrected chi connectivity index (χ4v) is 3.13. The number of rotatable bonds is 4. The molecule has 1 aliphatic heterocycles. The molecule has 1 aliphatic carbocycles. The van der Waals surface area contributed by atoms with E-state index in [0.717, 1.165) is 38.3 Å². The molecule has 3 nitrogen and oxygen atoms in total. The average Bonchev–Trinajstić information content (AvgIpc) is 2.76. The first-order valence-corrected chi connectivity index (χ1v) is 6.95. The second kappa shape index (κ2) is 5.99. The zero-order chi connectivity index (χ0) is 11.4. The first kappa shape index (κ1) is 12.3. The molecule has 0 amide bonds. The lowest BCUT2D eigenvalue weighted by Crippen LogP contribution is -2.43. The molecule has 1 saturated heterocycles. The molecule has 2 aliphatic rings. The Morgan fingerprint density at radius 3 is 2.62 bits per heavy atom. The van der Waals surface area contributed by atoms with E-state index in [4.69, 9.17) is 0 Å². The minimum atomic E-state index is -0.0309. The van der Waals surface area contributed by atoms with Crippen molar-refractivity contribution in [3.8, 4) is 0 Å². The van der Waals surface area contributed by atoms with Gasteiger partial charge in [0.05, 0.1) is 6.10 Å². The number of likely N-dealkylation sites (N-methyl/N-ethyl adjacent to an activating group) is 1. The molecule has 1 saturated carbocycles. The minimum absolute atomic E-state index is 0.0309. The molecule has 1 atom stereocenters. The normalized spacial score (nSPS) is 36.8. The van der Waals surface area contributed by atoms with Gasteiger partial charge in [0, 0.05) is 18.6 Å². The Morgan fingerprint density at radius 2 is 1.94 bits per heavy atom. The van der Waals surface area contributed by atoms with Gasteiger partial charge in [0.1, 0.15) is 0 Å². The van der Waals surface area contributed by atoms with Crippen molar-refractivity contribution in [3.05, 3.63) is 0 Å². The topological polar surface area (TPSA) is 35.5 Å². The van der Waals surface area contributed by atoms with E-state index >= 15 is 0 Å². The first-order valence-electron chi connectivity index (χ1n) is 6.95. The molecule has 94 valence electrons. The zero-order valence-corrected chi connectivity index (χ0v) is 10.5. The van der Waals surface area contributed by atoms with Gasteiger partial charge in [0.2, 0.25) is 0 Å². The molecule has 16 heavy (non-hydrogen) atoms. The van der Waals surface area contributed by atoms with Gasteiger partial charge in [-0.05, 0) is 51.6 Å². The predicted molar refractivity (Wildman–Crippen MR) is 66.5 cm³/mol. The van der Waals surface area contributed by atoms with E-state index in [1.807, 2.05) is 0 Å². The van der Waals surface area contributed by atoms with Crippen LogP contribution < -0.4 is 5.32 Å². The van der Waals surface area contributed by atoms with Gasteiger partial charge < -0.3 is 10.4 Å². The van der Waals surface area contributed by atoms with Gasteiger partial charge in [-0.25, -0.2) is 0 Å². The lowest BCUT2D eigenvalue weighted by atomic mass is 9.93. The maximum absolute atomic E-state index is 9.45. The average molecular weight is 226 g/mol. The third-order valence-electron chi connectivity index (χ3n) is 4.24. The Kier molecular flexibility index (Phi) is 4.62. The van der Waals surface area contributed by atoms with E-state index in [2.05, 4.69) is 17.1 Å². The summed E-state index contributed by atoms with van der Waals surface area (Å²) in [5, 5.41) is 13.1. The molecule has 1 unspecified atom stereocenters. The van der Waals surface area contributed by atoms with Crippen molar-refractivity contribution in [1.29, 1.82) is 0 Å². The molecule has 0 radical (unpaired) electrons. The van der Waals surface area contributed by atoms with Crippen molar-refractivity contribution in [2.24, 2.45) is 0 Å². The highest BCUT2D eigenvalue weighted by Gasteiger charge is 2.24. The molecule has 0 aromatic heterocycles. The number of nitrogens with one attached hydrogen (secondary N) is 1. The van der Waals surface area contributed by atoms with Gasteiger partial charge in [-0.1, -0.05) is 6.92 Å². The van der Waals surface area contributed by atoms with Crippen LogP contribution in [0.2, 0.25) is 0 Å². The molecule has 2 rings (SSSR count). The van der Waals surface area contributed by atoms with Crippen LogP contribution in [0.4, 0.5) is 0 Å². The van der Waals surface area contributed by atoms with E-state index in [9.17, 15) is 5.11 Å². The maximum atomic E-state index is 9.45. The highest BCUT2D eigenvalue weighted by molar-refractivity contribution is 4.83. The van der Waals surface area contributed by atoms with Crippen LogP contribution in [0.15, 0.2) is 0 Å². The quantitative estimate of drug-likeness (QED) is 0.760. The summed E-state index contributed by atoms with van der Waals surface area (Å²) in [5.41, 5.74) is 0. The largest absolute Gasteiger partial charge is 0.393 e. The van der Waals surface area contributed by atoms with Crippen molar-refractivity contribution in [2.45, 2.75) is 63.6 Å². The highest BCUT2D eigenvalue weighted by atomic mass is 16.3. The van der Waals surface area contributed by atoms with Crippen LogP contribution in [0.5, 0.6) is 0 Å². The molecule has 0 aromatic rings. The fourth-order valence-electron chi connectivity index (χ4n) is 3.13.